The molecule has 0 aliphatic carbocycles. The van der Waals surface area contributed by atoms with Crippen molar-refractivity contribution in [3.05, 3.63) is 65.1 Å². The van der Waals surface area contributed by atoms with Gasteiger partial charge in [-0.1, -0.05) is 30.3 Å². The van der Waals surface area contributed by atoms with Gasteiger partial charge < -0.3 is 14.4 Å². The molecule has 1 amide bonds. The lowest BCUT2D eigenvalue weighted by Crippen LogP contribution is -2.50. The average Bonchev–Trinajstić information content (AvgIpc) is 2.77. The summed E-state index contributed by atoms with van der Waals surface area (Å²) in [6, 6.07) is 14.2. The number of hydrogen-bond acceptors (Lipinski definition) is 5. The second-order valence-electron chi connectivity index (χ2n) is 6.55. The van der Waals surface area contributed by atoms with E-state index < -0.39 is 10.0 Å². The summed E-state index contributed by atoms with van der Waals surface area (Å²) in [5.41, 5.74) is 1.26. The van der Waals surface area contributed by atoms with Crippen molar-refractivity contribution in [1.29, 1.82) is 0 Å². The topological polar surface area (TPSA) is 76.2 Å². The molecule has 1 aliphatic rings. The first-order valence-electron chi connectivity index (χ1n) is 9.18. The van der Waals surface area contributed by atoms with E-state index in [1.807, 2.05) is 30.3 Å². The molecule has 154 valence electrons. The SMILES string of the molecule is COc1cc(OC)cc(C(=O)N2CCN(S(=O)(=O)/C=C/c3ccccc3)CC2)c1. The fourth-order valence-corrected chi connectivity index (χ4v) is 4.25. The largest absolute Gasteiger partial charge is 0.497 e. The van der Waals surface area contributed by atoms with Crippen LogP contribution < -0.4 is 9.47 Å². The molecule has 7 nitrogen and oxygen atoms in total. The first-order chi connectivity index (χ1) is 13.9. The molecule has 0 bridgehead atoms. The molecule has 8 heteroatoms. The number of carbonyl (C=O) groups excluding carboxylic acids is 1. The van der Waals surface area contributed by atoms with Gasteiger partial charge in [-0.2, -0.15) is 4.31 Å². The van der Waals surface area contributed by atoms with Gasteiger partial charge in [0.1, 0.15) is 11.5 Å². The zero-order valence-corrected chi connectivity index (χ0v) is 17.3. The monoisotopic (exact) mass is 416 g/mol. The van der Waals surface area contributed by atoms with Crippen molar-refractivity contribution in [3.8, 4) is 11.5 Å². The van der Waals surface area contributed by atoms with Gasteiger partial charge in [0.05, 0.1) is 14.2 Å². The maximum Gasteiger partial charge on any atom is 0.254 e. The van der Waals surface area contributed by atoms with E-state index in [-0.39, 0.29) is 19.0 Å². The maximum absolute atomic E-state index is 12.8. The van der Waals surface area contributed by atoms with Crippen LogP contribution in [0.25, 0.3) is 6.08 Å². The number of carbonyl (C=O) groups is 1. The van der Waals surface area contributed by atoms with E-state index >= 15 is 0 Å². The van der Waals surface area contributed by atoms with Gasteiger partial charge in [0.2, 0.25) is 10.0 Å². The number of piperazine rings is 1. The molecular weight excluding hydrogens is 392 g/mol. The van der Waals surface area contributed by atoms with Crippen molar-refractivity contribution < 1.29 is 22.7 Å². The zero-order chi connectivity index (χ0) is 20.9. The molecule has 2 aromatic carbocycles. The lowest BCUT2D eigenvalue weighted by atomic mass is 10.1. The Balaban J connectivity index is 1.65. The molecule has 1 heterocycles. The first kappa shape index (κ1) is 20.9. The minimum atomic E-state index is -3.54. The Kier molecular flexibility index (Phi) is 6.56. The Morgan fingerprint density at radius 1 is 0.931 bits per heavy atom. The van der Waals surface area contributed by atoms with Gasteiger partial charge in [-0.15, -0.1) is 0 Å². The molecule has 0 aromatic heterocycles. The Hall–Kier alpha value is -2.84. The molecule has 0 unspecified atom stereocenters. The smallest absolute Gasteiger partial charge is 0.254 e. The minimum absolute atomic E-state index is 0.181. The van der Waals surface area contributed by atoms with E-state index in [0.29, 0.717) is 30.2 Å². The highest BCUT2D eigenvalue weighted by atomic mass is 32.2. The van der Waals surface area contributed by atoms with Gasteiger partial charge >= 0.3 is 0 Å². The quantitative estimate of drug-likeness (QED) is 0.723. The van der Waals surface area contributed by atoms with E-state index in [1.54, 1.807) is 29.2 Å². The van der Waals surface area contributed by atoms with E-state index in [4.69, 9.17) is 9.47 Å². The number of benzene rings is 2. The Morgan fingerprint density at radius 3 is 2.07 bits per heavy atom. The molecule has 1 aliphatic heterocycles. The van der Waals surface area contributed by atoms with Crippen LogP contribution in [-0.2, 0) is 10.0 Å². The molecule has 0 radical (unpaired) electrons. The Bertz CT molecular complexity index is 959. The Labute approximate surface area is 171 Å². The molecule has 0 saturated carbocycles. The van der Waals surface area contributed by atoms with Gasteiger partial charge in [0.25, 0.3) is 5.91 Å². The van der Waals surface area contributed by atoms with E-state index in [2.05, 4.69) is 0 Å². The highest BCUT2D eigenvalue weighted by molar-refractivity contribution is 7.92. The second-order valence-corrected chi connectivity index (χ2v) is 8.37. The van der Waals surface area contributed by atoms with E-state index in [1.165, 1.54) is 23.9 Å². The van der Waals surface area contributed by atoms with E-state index in [9.17, 15) is 13.2 Å². The van der Waals surface area contributed by atoms with Crippen LogP contribution in [0.5, 0.6) is 11.5 Å². The number of ether oxygens (including phenoxy) is 2. The van der Waals surface area contributed by atoms with Crippen LogP contribution in [0.4, 0.5) is 0 Å². The third-order valence-corrected chi connectivity index (χ3v) is 6.28. The zero-order valence-electron chi connectivity index (χ0n) is 16.4. The van der Waals surface area contributed by atoms with Crippen molar-refractivity contribution in [2.45, 2.75) is 0 Å². The van der Waals surface area contributed by atoms with Crippen LogP contribution >= 0.6 is 0 Å². The number of methoxy groups -OCH3 is 2. The molecular formula is C21H24N2O5S. The number of nitrogens with zero attached hydrogens (tertiary/aromatic N) is 2. The fourth-order valence-electron chi connectivity index (χ4n) is 3.07. The summed E-state index contributed by atoms with van der Waals surface area (Å²) in [5.74, 6) is 0.874. The van der Waals surface area contributed by atoms with Crippen molar-refractivity contribution in [2.75, 3.05) is 40.4 Å². The number of rotatable bonds is 6. The van der Waals surface area contributed by atoms with Gasteiger partial charge in [0.15, 0.2) is 0 Å². The summed E-state index contributed by atoms with van der Waals surface area (Å²) >= 11 is 0. The maximum atomic E-state index is 12.8. The average molecular weight is 416 g/mol. The van der Waals surface area contributed by atoms with Crippen LogP contribution in [-0.4, -0.2) is 63.9 Å². The van der Waals surface area contributed by atoms with Crippen molar-refractivity contribution >= 4 is 22.0 Å². The molecule has 3 rings (SSSR count). The molecule has 0 atom stereocenters. The van der Waals surface area contributed by atoms with Crippen molar-refractivity contribution in [3.63, 3.8) is 0 Å². The summed E-state index contributed by atoms with van der Waals surface area (Å²) < 4.78 is 37.0. The van der Waals surface area contributed by atoms with Crippen LogP contribution in [0.3, 0.4) is 0 Å². The standard InChI is InChI=1S/C21H24N2O5S/c1-27-19-14-18(15-20(16-19)28-2)21(24)22-9-11-23(12-10-22)29(25,26)13-8-17-6-4-3-5-7-17/h3-8,13-16H,9-12H2,1-2H3/b13-8+. The van der Waals surface area contributed by atoms with Crippen molar-refractivity contribution in [2.24, 2.45) is 0 Å². The fraction of sp³-hybridized carbons (Fsp3) is 0.286. The summed E-state index contributed by atoms with van der Waals surface area (Å²) in [7, 11) is -0.495. The van der Waals surface area contributed by atoms with Crippen LogP contribution in [0.2, 0.25) is 0 Å². The van der Waals surface area contributed by atoms with Gasteiger partial charge in [-0.05, 0) is 23.8 Å². The summed E-state index contributed by atoms with van der Waals surface area (Å²) in [4.78, 5) is 14.5. The third-order valence-electron chi connectivity index (χ3n) is 4.72. The van der Waals surface area contributed by atoms with Gasteiger partial charge in [0, 0.05) is 43.2 Å². The predicted octanol–water partition coefficient (Wildman–Crippen LogP) is 2.46. The summed E-state index contributed by atoms with van der Waals surface area (Å²) in [6.07, 6.45) is 1.58. The number of amides is 1. The van der Waals surface area contributed by atoms with Crippen LogP contribution in [0.15, 0.2) is 53.9 Å². The lowest BCUT2D eigenvalue weighted by Gasteiger charge is -2.33. The molecule has 2 aromatic rings. The predicted molar refractivity (Wildman–Crippen MR) is 111 cm³/mol. The molecule has 0 N–H and O–H groups in total. The first-order valence-corrected chi connectivity index (χ1v) is 10.7. The molecule has 0 spiro atoms. The molecule has 1 saturated heterocycles. The Morgan fingerprint density at radius 2 is 1.52 bits per heavy atom. The highest BCUT2D eigenvalue weighted by Gasteiger charge is 2.28. The summed E-state index contributed by atoms with van der Waals surface area (Å²) in [5, 5.41) is 1.22. The molecule has 29 heavy (non-hydrogen) atoms. The van der Waals surface area contributed by atoms with Gasteiger partial charge in [-0.3, -0.25) is 4.79 Å². The van der Waals surface area contributed by atoms with Crippen LogP contribution in [0, 0.1) is 0 Å². The normalized spacial score (nSPS) is 15.4. The third kappa shape index (κ3) is 5.16. The second kappa shape index (κ2) is 9.11. The van der Waals surface area contributed by atoms with Crippen molar-refractivity contribution in [1.82, 2.24) is 9.21 Å². The van der Waals surface area contributed by atoms with Crippen LogP contribution in [0.1, 0.15) is 15.9 Å². The minimum Gasteiger partial charge on any atom is -0.497 e. The van der Waals surface area contributed by atoms with Gasteiger partial charge in [-0.25, -0.2) is 8.42 Å². The highest BCUT2D eigenvalue weighted by Crippen LogP contribution is 2.24. The summed E-state index contributed by atoms with van der Waals surface area (Å²) in [6.45, 7) is 1.12. The number of sulfonamides is 1. The van der Waals surface area contributed by atoms with E-state index in [0.717, 1.165) is 5.56 Å². The lowest BCUT2D eigenvalue weighted by molar-refractivity contribution is 0.0698. The molecule has 1 fully saturated rings. The number of hydrogen-bond donors (Lipinski definition) is 0.